The SMILES string of the molecule is CCCCCCCCc1cccc2cccc([C@H](N)C(F)(F)F)c12. The van der Waals surface area contributed by atoms with Gasteiger partial charge in [-0.3, -0.25) is 0 Å². The maximum atomic E-state index is 13.1. The third-order valence-corrected chi connectivity index (χ3v) is 4.51. The standard InChI is InChI=1S/C20H26F3N/c1-2-3-4-5-6-7-10-15-11-8-12-16-13-9-14-17(18(15)16)19(24)20(21,22)23/h8-9,11-14,19H,2-7,10,24H2,1H3/t19-/m0/s1. The zero-order valence-electron chi connectivity index (χ0n) is 14.2. The van der Waals surface area contributed by atoms with Crippen molar-refractivity contribution >= 4 is 10.8 Å². The van der Waals surface area contributed by atoms with Gasteiger partial charge in [0.15, 0.2) is 0 Å². The number of fused-ring (bicyclic) bond motifs is 1. The van der Waals surface area contributed by atoms with E-state index < -0.39 is 12.2 Å². The van der Waals surface area contributed by atoms with Gasteiger partial charge < -0.3 is 5.73 Å². The molecule has 2 rings (SSSR count). The van der Waals surface area contributed by atoms with E-state index in [-0.39, 0.29) is 5.56 Å². The Kier molecular flexibility index (Phi) is 6.67. The van der Waals surface area contributed by atoms with Crippen molar-refractivity contribution in [2.45, 2.75) is 64.1 Å². The van der Waals surface area contributed by atoms with Crippen LogP contribution in [0.1, 0.15) is 62.6 Å². The van der Waals surface area contributed by atoms with Crippen molar-refractivity contribution in [3.63, 3.8) is 0 Å². The summed E-state index contributed by atoms with van der Waals surface area (Å²) < 4.78 is 39.3. The Bertz CT molecular complexity index is 644. The highest BCUT2D eigenvalue weighted by Gasteiger charge is 2.38. The van der Waals surface area contributed by atoms with Gasteiger partial charge in [0, 0.05) is 0 Å². The lowest BCUT2D eigenvalue weighted by Crippen LogP contribution is -2.28. The fraction of sp³-hybridized carbons (Fsp3) is 0.500. The molecule has 0 aliphatic carbocycles. The maximum Gasteiger partial charge on any atom is 0.407 e. The second-order valence-electron chi connectivity index (χ2n) is 6.40. The quantitative estimate of drug-likeness (QED) is 0.562. The zero-order valence-corrected chi connectivity index (χ0v) is 14.2. The fourth-order valence-electron chi connectivity index (χ4n) is 3.19. The van der Waals surface area contributed by atoms with Crippen LogP contribution in [0.15, 0.2) is 36.4 Å². The third kappa shape index (κ3) is 4.73. The highest BCUT2D eigenvalue weighted by Crippen LogP contribution is 2.36. The Hall–Kier alpha value is -1.55. The molecule has 2 N–H and O–H groups in total. The van der Waals surface area contributed by atoms with Gasteiger partial charge >= 0.3 is 6.18 Å². The molecule has 0 unspecified atom stereocenters. The number of hydrogen-bond acceptors (Lipinski definition) is 1. The first kappa shape index (κ1) is 18.8. The van der Waals surface area contributed by atoms with Gasteiger partial charge in [0.2, 0.25) is 0 Å². The minimum atomic E-state index is -4.43. The molecule has 0 fully saturated rings. The van der Waals surface area contributed by atoms with Crippen molar-refractivity contribution in [1.82, 2.24) is 0 Å². The van der Waals surface area contributed by atoms with Crippen molar-refractivity contribution < 1.29 is 13.2 Å². The number of rotatable bonds is 8. The molecule has 0 heterocycles. The normalized spacial score (nSPS) is 13.4. The van der Waals surface area contributed by atoms with Crippen molar-refractivity contribution in [1.29, 1.82) is 0 Å². The van der Waals surface area contributed by atoms with Gasteiger partial charge in [0.25, 0.3) is 0 Å². The van der Waals surface area contributed by atoms with Crippen molar-refractivity contribution in [2.75, 3.05) is 0 Å². The first-order valence-corrected chi connectivity index (χ1v) is 8.78. The third-order valence-electron chi connectivity index (χ3n) is 4.51. The van der Waals surface area contributed by atoms with E-state index in [9.17, 15) is 13.2 Å². The molecule has 1 atom stereocenters. The summed E-state index contributed by atoms with van der Waals surface area (Å²) in [5, 5.41) is 1.51. The summed E-state index contributed by atoms with van der Waals surface area (Å²) in [4.78, 5) is 0. The monoisotopic (exact) mass is 337 g/mol. The molecule has 2 aromatic rings. The summed E-state index contributed by atoms with van der Waals surface area (Å²) in [5.41, 5.74) is 6.64. The van der Waals surface area contributed by atoms with Gasteiger partial charge in [-0.15, -0.1) is 0 Å². The van der Waals surface area contributed by atoms with Crippen LogP contribution in [0.25, 0.3) is 10.8 Å². The van der Waals surface area contributed by atoms with Crippen LogP contribution in [-0.2, 0) is 6.42 Å². The van der Waals surface area contributed by atoms with Crippen LogP contribution >= 0.6 is 0 Å². The van der Waals surface area contributed by atoms with Crippen molar-refractivity contribution in [3.05, 3.63) is 47.5 Å². The number of halogens is 3. The number of benzene rings is 2. The van der Waals surface area contributed by atoms with E-state index >= 15 is 0 Å². The van der Waals surface area contributed by atoms with E-state index in [4.69, 9.17) is 5.73 Å². The number of unbranched alkanes of at least 4 members (excludes halogenated alkanes) is 5. The summed E-state index contributed by atoms with van der Waals surface area (Å²) in [6.07, 6.45) is 3.36. The Morgan fingerprint density at radius 2 is 1.54 bits per heavy atom. The molecule has 2 aromatic carbocycles. The molecule has 0 spiro atoms. The molecule has 0 aromatic heterocycles. The van der Waals surface area contributed by atoms with Crippen molar-refractivity contribution in [3.8, 4) is 0 Å². The van der Waals surface area contributed by atoms with Gasteiger partial charge in [-0.25, -0.2) is 0 Å². The molecular formula is C20H26F3N. The highest BCUT2D eigenvalue weighted by molar-refractivity contribution is 5.89. The Morgan fingerprint density at radius 1 is 0.917 bits per heavy atom. The molecule has 24 heavy (non-hydrogen) atoms. The van der Waals surface area contributed by atoms with E-state index in [1.165, 1.54) is 31.7 Å². The molecule has 0 aliphatic heterocycles. The second-order valence-corrected chi connectivity index (χ2v) is 6.40. The van der Waals surface area contributed by atoms with E-state index in [0.717, 1.165) is 30.2 Å². The zero-order chi connectivity index (χ0) is 17.6. The first-order chi connectivity index (χ1) is 11.4. The Balaban J connectivity index is 2.21. The molecule has 0 saturated carbocycles. The fourth-order valence-corrected chi connectivity index (χ4v) is 3.19. The molecule has 4 heteroatoms. The summed E-state index contributed by atoms with van der Waals surface area (Å²) in [5.74, 6) is 0. The average molecular weight is 337 g/mol. The summed E-state index contributed by atoms with van der Waals surface area (Å²) in [6.45, 7) is 2.18. The lowest BCUT2D eigenvalue weighted by Gasteiger charge is -2.19. The lowest BCUT2D eigenvalue weighted by molar-refractivity contribution is -0.148. The van der Waals surface area contributed by atoms with Crippen molar-refractivity contribution in [2.24, 2.45) is 5.73 Å². The minimum Gasteiger partial charge on any atom is -0.316 e. The van der Waals surface area contributed by atoms with E-state index in [2.05, 4.69) is 6.92 Å². The summed E-state index contributed by atoms with van der Waals surface area (Å²) in [6, 6.07) is 8.77. The first-order valence-electron chi connectivity index (χ1n) is 8.78. The maximum absolute atomic E-state index is 13.1. The van der Waals surface area contributed by atoms with Gasteiger partial charge in [0.1, 0.15) is 6.04 Å². The predicted octanol–water partition coefficient (Wildman–Crippen LogP) is 6.30. The Morgan fingerprint density at radius 3 is 2.21 bits per heavy atom. The molecule has 1 nitrogen and oxygen atoms in total. The van der Waals surface area contributed by atoms with Crippen LogP contribution in [-0.4, -0.2) is 6.18 Å². The second kappa shape index (κ2) is 8.52. The summed E-state index contributed by atoms with van der Waals surface area (Å²) in [7, 11) is 0. The van der Waals surface area contributed by atoms with Crippen LogP contribution in [0.4, 0.5) is 13.2 Å². The summed E-state index contributed by atoms with van der Waals surface area (Å²) >= 11 is 0. The van der Waals surface area contributed by atoms with E-state index in [1.807, 2.05) is 24.3 Å². The predicted molar refractivity (Wildman–Crippen MR) is 94.0 cm³/mol. The van der Waals surface area contributed by atoms with Gasteiger partial charge in [0.05, 0.1) is 0 Å². The van der Waals surface area contributed by atoms with Gasteiger partial charge in [-0.1, -0.05) is 75.4 Å². The van der Waals surface area contributed by atoms with Crippen LogP contribution in [0, 0.1) is 0 Å². The molecule has 0 bridgehead atoms. The van der Waals surface area contributed by atoms with Crippen LogP contribution in [0.2, 0.25) is 0 Å². The average Bonchev–Trinajstić information content (AvgIpc) is 2.56. The molecule has 0 aliphatic rings. The molecule has 132 valence electrons. The highest BCUT2D eigenvalue weighted by atomic mass is 19.4. The Labute approximate surface area is 142 Å². The molecule has 0 saturated heterocycles. The van der Waals surface area contributed by atoms with Crippen LogP contribution in [0.3, 0.4) is 0 Å². The minimum absolute atomic E-state index is 0.182. The smallest absolute Gasteiger partial charge is 0.316 e. The number of alkyl halides is 3. The lowest BCUT2D eigenvalue weighted by atomic mass is 9.92. The van der Waals surface area contributed by atoms with Gasteiger partial charge in [-0.05, 0) is 34.7 Å². The van der Waals surface area contributed by atoms with Gasteiger partial charge in [-0.2, -0.15) is 13.2 Å². The number of nitrogens with two attached hydrogens (primary N) is 1. The topological polar surface area (TPSA) is 26.0 Å². The van der Waals surface area contributed by atoms with Crippen LogP contribution < -0.4 is 5.73 Å². The number of hydrogen-bond donors (Lipinski definition) is 1. The van der Waals surface area contributed by atoms with E-state index in [1.54, 1.807) is 6.07 Å². The number of aryl methyl sites for hydroxylation is 1. The molecule has 0 radical (unpaired) electrons. The molecular weight excluding hydrogens is 311 g/mol. The van der Waals surface area contributed by atoms with Crippen LogP contribution in [0.5, 0.6) is 0 Å². The largest absolute Gasteiger partial charge is 0.407 e. The van der Waals surface area contributed by atoms with E-state index in [0.29, 0.717) is 5.39 Å². The molecule has 0 amide bonds.